The molecule has 1 aromatic rings. The first-order valence-electron chi connectivity index (χ1n) is 6.82. The number of rotatable bonds is 5. The molecule has 0 saturated heterocycles. The number of hydrogen-bond acceptors (Lipinski definition) is 2. The van der Waals surface area contributed by atoms with E-state index in [0.717, 1.165) is 42.7 Å². The molecule has 1 saturated carbocycles. The Morgan fingerprint density at radius 1 is 1.39 bits per heavy atom. The molecule has 0 atom stereocenters. The summed E-state index contributed by atoms with van der Waals surface area (Å²) in [6, 6.07) is 6.47. The van der Waals surface area contributed by atoms with Crippen molar-refractivity contribution in [3.8, 4) is 0 Å². The lowest BCUT2D eigenvalue weighted by atomic mass is 10.1. The van der Waals surface area contributed by atoms with E-state index >= 15 is 0 Å². The Morgan fingerprint density at radius 3 is 2.61 bits per heavy atom. The molecule has 0 heterocycles. The Bertz CT molecular complexity index is 438. The molecule has 0 aromatic heterocycles. The average molecular weight is 246 g/mol. The molecule has 1 aromatic carbocycles. The number of aryl methyl sites for hydroxylation is 1. The second kappa shape index (κ2) is 5.42. The predicted octanol–water partition coefficient (Wildman–Crippen LogP) is 3.05. The van der Waals surface area contributed by atoms with E-state index in [9.17, 15) is 4.79 Å². The van der Waals surface area contributed by atoms with Crippen LogP contribution in [0.4, 0.5) is 5.69 Å². The molecule has 2 rings (SSSR count). The quantitative estimate of drug-likeness (QED) is 0.866. The van der Waals surface area contributed by atoms with Crippen molar-refractivity contribution in [2.45, 2.75) is 39.7 Å². The summed E-state index contributed by atoms with van der Waals surface area (Å²) in [5.74, 6) is 0.181. The van der Waals surface area contributed by atoms with Gasteiger partial charge in [-0.05, 0) is 57.4 Å². The van der Waals surface area contributed by atoms with E-state index in [-0.39, 0.29) is 5.91 Å². The lowest BCUT2D eigenvalue weighted by Gasteiger charge is -2.21. The van der Waals surface area contributed by atoms with Gasteiger partial charge in [0.05, 0.1) is 0 Å². The van der Waals surface area contributed by atoms with Gasteiger partial charge >= 0.3 is 0 Å². The zero-order valence-corrected chi connectivity index (χ0v) is 11.5. The Balaban J connectivity index is 2.19. The highest BCUT2D eigenvalue weighted by atomic mass is 16.2. The van der Waals surface area contributed by atoms with Gasteiger partial charge in [-0.15, -0.1) is 0 Å². The summed E-state index contributed by atoms with van der Waals surface area (Å²) in [6.07, 6.45) is 2.32. The van der Waals surface area contributed by atoms with E-state index in [0.29, 0.717) is 6.04 Å². The molecular formula is C15H22N2O. The molecule has 0 unspecified atom stereocenters. The summed E-state index contributed by atoms with van der Waals surface area (Å²) in [7, 11) is 0. The van der Waals surface area contributed by atoms with Crippen LogP contribution in [0.1, 0.15) is 42.6 Å². The first kappa shape index (κ1) is 12.9. The zero-order valence-electron chi connectivity index (χ0n) is 11.5. The number of benzene rings is 1. The maximum absolute atomic E-state index is 12.5. The largest absolute Gasteiger partial charge is 0.385 e. The van der Waals surface area contributed by atoms with Gasteiger partial charge in [0.15, 0.2) is 0 Å². The van der Waals surface area contributed by atoms with Crippen LogP contribution >= 0.6 is 0 Å². The topological polar surface area (TPSA) is 32.3 Å². The van der Waals surface area contributed by atoms with Crippen LogP contribution < -0.4 is 5.32 Å². The normalized spacial score (nSPS) is 14.4. The van der Waals surface area contributed by atoms with Crippen LogP contribution in [-0.4, -0.2) is 29.9 Å². The Labute approximate surface area is 109 Å². The fourth-order valence-corrected chi connectivity index (χ4v) is 2.33. The van der Waals surface area contributed by atoms with Crippen molar-refractivity contribution in [1.82, 2.24) is 4.90 Å². The molecule has 0 radical (unpaired) electrons. The van der Waals surface area contributed by atoms with Crippen LogP contribution in [0, 0.1) is 6.92 Å². The van der Waals surface area contributed by atoms with Gasteiger partial charge in [0, 0.05) is 30.4 Å². The minimum Gasteiger partial charge on any atom is -0.385 e. The molecule has 3 heteroatoms. The lowest BCUT2D eigenvalue weighted by molar-refractivity contribution is 0.0752. The highest BCUT2D eigenvalue weighted by Gasteiger charge is 2.32. The van der Waals surface area contributed by atoms with E-state index in [1.165, 1.54) is 0 Å². The molecule has 98 valence electrons. The van der Waals surface area contributed by atoms with Gasteiger partial charge in [0.1, 0.15) is 0 Å². The third-order valence-corrected chi connectivity index (χ3v) is 3.43. The summed E-state index contributed by atoms with van der Waals surface area (Å²) in [6.45, 7) is 7.83. The number of nitrogens with zero attached hydrogens (tertiary/aromatic N) is 1. The van der Waals surface area contributed by atoms with Gasteiger partial charge in [-0.1, -0.05) is 0 Å². The Hall–Kier alpha value is -1.51. The molecule has 0 bridgehead atoms. The SMILES string of the molecule is CCNc1ccc(C(=O)N(CC)C2CC2)c(C)c1. The Kier molecular flexibility index (Phi) is 3.90. The van der Waals surface area contributed by atoms with E-state index < -0.39 is 0 Å². The summed E-state index contributed by atoms with van der Waals surface area (Å²) in [4.78, 5) is 14.4. The number of carbonyl (C=O) groups is 1. The molecule has 0 spiro atoms. The summed E-state index contributed by atoms with van der Waals surface area (Å²) in [5.41, 5.74) is 2.98. The zero-order chi connectivity index (χ0) is 13.1. The first-order chi connectivity index (χ1) is 8.67. The minimum atomic E-state index is 0.181. The molecule has 1 aliphatic carbocycles. The van der Waals surface area contributed by atoms with Crippen molar-refractivity contribution in [2.24, 2.45) is 0 Å². The maximum atomic E-state index is 12.5. The van der Waals surface area contributed by atoms with E-state index in [2.05, 4.69) is 25.2 Å². The van der Waals surface area contributed by atoms with Crippen LogP contribution in [-0.2, 0) is 0 Å². The van der Waals surface area contributed by atoms with Crippen molar-refractivity contribution in [3.63, 3.8) is 0 Å². The molecule has 3 nitrogen and oxygen atoms in total. The third-order valence-electron chi connectivity index (χ3n) is 3.43. The number of anilines is 1. The number of carbonyl (C=O) groups excluding carboxylic acids is 1. The monoisotopic (exact) mass is 246 g/mol. The number of nitrogens with one attached hydrogen (secondary N) is 1. The molecule has 0 aliphatic heterocycles. The average Bonchev–Trinajstić information content (AvgIpc) is 3.15. The molecule has 1 N–H and O–H groups in total. The van der Waals surface area contributed by atoms with Gasteiger partial charge in [0.2, 0.25) is 0 Å². The number of hydrogen-bond donors (Lipinski definition) is 1. The van der Waals surface area contributed by atoms with Crippen LogP contribution in [0.25, 0.3) is 0 Å². The standard InChI is InChI=1S/C15H22N2O/c1-4-16-12-6-9-14(11(3)10-12)15(18)17(5-2)13-7-8-13/h6,9-10,13,16H,4-5,7-8H2,1-3H3. The van der Waals surface area contributed by atoms with E-state index in [4.69, 9.17) is 0 Å². The predicted molar refractivity (Wildman–Crippen MR) is 75.1 cm³/mol. The second-order valence-corrected chi connectivity index (χ2v) is 4.88. The third kappa shape index (κ3) is 2.66. The highest BCUT2D eigenvalue weighted by Crippen LogP contribution is 2.28. The van der Waals surface area contributed by atoms with Crippen molar-refractivity contribution in [1.29, 1.82) is 0 Å². The van der Waals surface area contributed by atoms with Crippen molar-refractivity contribution in [3.05, 3.63) is 29.3 Å². The summed E-state index contributed by atoms with van der Waals surface area (Å²) >= 11 is 0. The summed E-state index contributed by atoms with van der Waals surface area (Å²) in [5, 5.41) is 3.27. The van der Waals surface area contributed by atoms with E-state index in [1.807, 2.05) is 24.0 Å². The first-order valence-corrected chi connectivity index (χ1v) is 6.82. The second-order valence-electron chi connectivity index (χ2n) is 4.88. The molecule has 18 heavy (non-hydrogen) atoms. The summed E-state index contributed by atoms with van der Waals surface area (Å²) < 4.78 is 0. The van der Waals surface area contributed by atoms with Crippen molar-refractivity contribution >= 4 is 11.6 Å². The molecular weight excluding hydrogens is 224 g/mol. The van der Waals surface area contributed by atoms with Gasteiger partial charge in [-0.25, -0.2) is 0 Å². The van der Waals surface area contributed by atoms with Crippen LogP contribution in [0.3, 0.4) is 0 Å². The maximum Gasteiger partial charge on any atom is 0.254 e. The van der Waals surface area contributed by atoms with E-state index in [1.54, 1.807) is 0 Å². The molecule has 1 fully saturated rings. The van der Waals surface area contributed by atoms with Gasteiger partial charge < -0.3 is 10.2 Å². The van der Waals surface area contributed by atoms with Gasteiger partial charge in [0.25, 0.3) is 5.91 Å². The highest BCUT2D eigenvalue weighted by molar-refractivity contribution is 5.96. The van der Waals surface area contributed by atoms with Crippen molar-refractivity contribution in [2.75, 3.05) is 18.4 Å². The lowest BCUT2D eigenvalue weighted by Crippen LogP contribution is -2.33. The van der Waals surface area contributed by atoms with Crippen LogP contribution in [0.2, 0.25) is 0 Å². The molecule has 1 amide bonds. The van der Waals surface area contributed by atoms with Crippen LogP contribution in [0.5, 0.6) is 0 Å². The smallest absolute Gasteiger partial charge is 0.254 e. The number of amides is 1. The van der Waals surface area contributed by atoms with Gasteiger partial charge in [-0.3, -0.25) is 4.79 Å². The Morgan fingerprint density at radius 2 is 2.11 bits per heavy atom. The van der Waals surface area contributed by atoms with Crippen LogP contribution in [0.15, 0.2) is 18.2 Å². The fourth-order valence-electron chi connectivity index (χ4n) is 2.33. The molecule has 1 aliphatic rings. The fraction of sp³-hybridized carbons (Fsp3) is 0.533. The van der Waals surface area contributed by atoms with Gasteiger partial charge in [-0.2, -0.15) is 0 Å². The van der Waals surface area contributed by atoms with Crippen molar-refractivity contribution < 1.29 is 4.79 Å². The minimum absolute atomic E-state index is 0.181.